The number of aromatic nitrogens is 1. The van der Waals surface area contributed by atoms with Crippen LogP contribution in [0.15, 0.2) is 17.2 Å². The second-order valence-electron chi connectivity index (χ2n) is 4.55. The molecule has 116 valence electrons. The van der Waals surface area contributed by atoms with E-state index in [0.29, 0.717) is 24.7 Å². The Labute approximate surface area is 121 Å². The van der Waals surface area contributed by atoms with E-state index >= 15 is 0 Å². The van der Waals surface area contributed by atoms with Crippen molar-refractivity contribution in [2.45, 2.75) is 31.7 Å². The summed E-state index contributed by atoms with van der Waals surface area (Å²) < 4.78 is 33.7. The van der Waals surface area contributed by atoms with Crippen LogP contribution in [0.5, 0.6) is 0 Å². The summed E-state index contributed by atoms with van der Waals surface area (Å²) in [5.41, 5.74) is 0.948. The Morgan fingerprint density at radius 2 is 2.05 bits per heavy atom. The lowest BCUT2D eigenvalue weighted by molar-refractivity contribution is 0.153. The van der Waals surface area contributed by atoms with Gasteiger partial charge in [0.2, 0.25) is 10.0 Å². The van der Waals surface area contributed by atoms with Gasteiger partial charge in [0.1, 0.15) is 0 Å². The van der Waals surface area contributed by atoms with Crippen molar-refractivity contribution >= 4 is 10.0 Å². The van der Waals surface area contributed by atoms with Crippen molar-refractivity contribution in [1.82, 2.24) is 14.6 Å². The van der Waals surface area contributed by atoms with E-state index < -0.39 is 10.0 Å². The maximum Gasteiger partial charge on any atom is 0.242 e. The van der Waals surface area contributed by atoms with Crippen molar-refractivity contribution in [1.29, 1.82) is 0 Å². The van der Waals surface area contributed by atoms with E-state index in [0.717, 1.165) is 18.7 Å². The third-order valence-electron chi connectivity index (χ3n) is 2.87. The zero-order valence-corrected chi connectivity index (χ0v) is 13.3. The van der Waals surface area contributed by atoms with Gasteiger partial charge in [0.05, 0.1) is 11.5 Å². The van der Waals surface area contributed by atoms with Gasteiger partial charge in [-0.15, -0.1) is 0 Å². The Hall–Kier alpha value is -0.890. The van der Waals surface area contributed by atoms with E-state index in [1.54, 1.807) is 12.3 Å². The number of sulfonamides is 1. The first kappa shape index (κ1) is 17.2. The lowest BCUT2D eigenvalue weighted by Crippen LogP contribution is -2.27. The lowest BCUT2D eigenvalue weighted by Gasteiger charge is -2.04. The van der Waals surface area contributed by atoms with Crippen LogP contribution < -0.4 is 10.0 Å². The second-order valence-corrected chi connectivity index (χ2v) is 6.32. The molecule has 0 bridgehead atoms. The molecule has 0 saturated carbocycles. The number of hydrogen-bond acceptors (Lipinski definition) is 4. The molecule has 0 atom stereocenters. The molecule has 20 heavy (non-hydrogen) atoms. The van der Waals surface area contributed by atoms with Gasteiger partial charge in [-0.05, 0) is 26.0 Å². The van der Waals surface area contributed by atoms with Crippen LogP contribution in [0, 0.1) is 0 Å². The minimum atomic E-state index is -3.45. The van der Waals surface area contributed by atoms with Gasteiger partial charge in [-0.1, -0.05) is 6.92 Å². The minimum Gasteiger partial charge on any atom is -0.380 e. The monoisotopic (exact) mass is 303 g/mol. The van der Waals surface area contributed by atoms with Crippen LogP contribution in [-0.4, -0.2) is 39.3 Å². The van der Waals surface area contributed by atoms with Gasteiger partial charge < -0.3 is 14.6 Å². The predicted molar refractivity (Wildman–Crippen MR) is 79.1 cm³/mol. The molecule has 6 nitrogen and oxygen atoms in total. The van der Waals surface area contributed by atoms with Crippen LogP contribution in [0.1, 0.15) is 26.0 Å². The topological polar surface area (TPSA) is 72.4 Å². The highest BCUT2D eigenvalue weighted by molar-refractivity contribution is 7.89. The average Bonchev–Trinajstić information content (AvgIpc) is 2.78. The largest absolute Gasteiger partial charge is 0.380 e. The molecule has 1 heterocycles. The summed E-state index contributed by atoms with van der Waals surface area (Å²) in [6, 6.07) is 1.70. The van der Waals surface area contributed by atoms with Crippen molar-refractivity contribution in [2.75, 3.05) is 26.3 Å². The number of nitrogens with zero attached hydrogens (tertiary/aromatic N) is 1. The lowest BCUT2D eigenvalue weighted by atomic mass is 10.4. The zero-order chi connectivity index (χ0) is 15.0. The fourth-order valence-corrected chi connectivity index (χ4v) is 2.88. The van der Waals surface area contributed by atoms with Crippen LogP contribution in [0.3, 0.4) is 0 Å². The summed E-state index contributed by atoms with van der Waals surface area (Å²) in [6.07, 6.45) is 2.68. The Balaban J connectivity index is 2.63. The van der Waals surface area contributed by atoms with E-state index in [2.05, 4.69) is 17.0 Å². The van der Waals surface area contributed by atoms with Crippen LogP contribution in [-0.2, 0) is 28.4 Å². The standard InChI is InChI=1S/C13H25N3O3S/c1-4-6-14-10-12-9-13(11-16(12)3)20(17,18)15-7-8-19-5-2/h9,11,14-15H,4-8,10H2,1-3H3. The first-order chi connectivity index (χ1) is 9.51. The van der Waals surface area contributed by atoms with Crippen LogP contribution in [0.25, 0.3) is 0 Å². The number of aryl methyl sites for hydroxylation is 1. The Kier molecular flexibility index (Phi) is 7.22. The molecule has 0 spiro atoms. The maximum absolute atomic E-state index is 12.1. The second kappa shape index (κ2) is 8.41. The van der Waals surface area contributed by atoms with Crippen molar-refractivity contribution in [3.63, 3.8) is 0 Å². The molecule has 1 aromatic rings. The van der Waals surface area contributed by atoms with Crippen LogP contribution in [0.2, 0.25) is 0 Å². The molecule has 0 aliphatic heterocycles. The van der Waals surface area contributed by atoms with Crippen molar-refractivity contribution < 1.29 is 13.2 Å². The van der Waals surface area contributed by atoms with Gasteiger partial charge in [0.25, 0.3) is 0 Å². The Morgan fingerprint density at radius 1 is 1.30 bits per heavy atom. The van der Waals surface area contributed by atoms with E-state index in [1.165, 1.54) is 0 Å². The minimum absolute atomic E-state index is 0.286. The molecule has 0 aliphatic rings. The maximum atomic E-state index is 12.1. The van der Waals surface area contributed by atoms with E-state index in [4.69, 9.17) is 4.74 Å². The van der Waals surface area contributed by atoms with Gasteiger partial charge in [-0.3, -0.25) is 0 Å². The molecule has 0 radical (unpaired) electrons. The van der Waals surface area contributed by atoms with Crippen molar-refractivity contribution in [3.05, 3.63) is 18.0 Å². The molecular weight excluding hydrogens is 278 g/mol. The highest BCUT2D eigenvalue weighted by Crippen LogP contribution is 2.13. The fourth-order valence-electron chi connectivity index (χ4n) is 1.77. The van der Waals surface area contributed by atoms with Crippen LogP contribution in [0.4, 0.5) is 0 Å². The number of hydrogen-bond donors (Lipinski definition) is 2. The summed E-state index contributed by atoms with van der Waals surface area (Å²) in [6.45, 7) is 6.80. The molecule has 1 rings (SSSR count). The summed E-state index contributed by atoms with van der Waals surface area (Å²) in [5.74, 6) is 0. The highest BCUT2D eigenvalue weighted by atomic mass is 32.2. The average molecular weight is 303 g/mol. The molecular formula is C13H25N3O3S. The summed E-state index contributed by atoms with van der Waals surface area (Å²) >= 11 is 0. The van der Waals surface area contributed by atoms with Gasteiger partial charge in [0, 0.05) is 38.6 Å². The van der Waals surface area contributed by atoms with E-state index in [-0.39, 0.29) is 6.54 Å². The smallest absolute Gasteiger partial charge is 0.242 e. The van der Waals surface area contributed by atoms with Gasteiger partial charge in [0.15, 0.2) is 0 Å². The quantitative estimate of drug-likeness (QED) is 0.628. The van der Waals surface area contributed by atoms with Gasteiger partial charge >= 0.3 is 0 Å². The first-order valence-electron chi connectivity index (χ1n) is 6.94. The molecule has 0 unspecified atom stereocenters. The number of rotatable bonds is 10. The molecule has 2 N–H and O–H groups in total. The predicted octanol–water partition coefficient (Wildman–Crippen LogP) is 0.840. The van der Waals surface area contributed by atoms with E-state index in [1.807, 2.05) is 18.5 Å². The summed E-state index contributed by atoms with van der Waals surface area (Å²) in [5, 5.41) is 3.26. The summed E-state index contributed by atoms with van der Waals surface area (Å²) in [7, 11) is -1.60. The Morgan fingerprint density at radius 3 is 2.70 bits per heavy atom. The SMILES string of the molecule is CCCNCc1cc(S(=O)(=O)NCCOCC)cn1C. The van der Waals surface area contributed by atoms with Gasteiger partial charge in [-0.2, -0.15) is 0 Å². The molecule has 0 amide bonds. The fraction of sp³-hybridized carbons (Fsp3) is 0.692. The summed E-state index contributed by atoms with van der Waals surface area (Å²) in [4.78, 5) is 0.296. The molecule has 7 heteroatoms. The zero-order valence-electron chi connectivity index (χ0n) is 12.5. The van der Waals surface area contributed by atoms with E-state index in [9.17, 15) is 8.42 Å². The van der Waals surface area contributed by atoms with Crippen LogP contribution >= 0.6 is 0 Å². The highest BCUT2D eigenvalue weighted by Gasteiger charge is 2.16. The third-order valence-corrected chi connectivity index (χ3v) is 4.30. The third kappa shape index (κ3) is 5.24. The first-order valence-corrected chi connectivity index (χ1v) is 8.43. The molecule has 0 aromatic carbocycles. The molecule has 1 aromatic heterocycles. The normalized spacial score (nSPS) is 11.9. The van der Waals surface area contributed by atoms with Crippen molar-refractivity contribution in [2.24, 2.45) is 7.05 Å². The Bertz CT molecular complexity index is 497. The van der Waals surface area contributed by atoms with Gasteiger partial charge in [-0.25, -0.2) is 13.1 Å². The molecule has 0 saturated heterocycles. The molecule has 0 aliphatic carbocycles. The van der Waals surface area contributed by atoms with Crippen molar-refractivity contribution in [3.8, 4) is 0 Å². The molecule has 0 fully saturated rings. The number of ether oxygens (including phenoxy) is 1. The number of nitrogens with one attached hydrogen (secondary N) is 2.